The molecule has 206 valence electrons. The van der Waals surface area contributed by atoms with E-state index in [1.54, 1.807) is 24.3 Å². The molecule has 0 bridgehead atoms. The Labute approximate surface area is 234 Å². The number of H-pyrrole nitrogens is 1. The lowest BCUT2D eigenvalue weighted by molar-refractivity contribution is 0.0732. The van der Waals surface area contributed by atoms with Crippen molar-refractivity contribution in [1.82, 2.24) is 25.1 Å². The maximum atomic E-state index is 13.4. The minimum atomic E-state index is -0.107. The summed E-state index contributed by atoms with van der Waals surface area (Å²) in [4.78, 5) is 38.1. The molecule has 1 fully saturated rings. The highest BCUT2D eigenvalue weighted by Crippen LogP contribution is 2.31. The zero-order valence-electron chi connectivity index (χ0n) is 22.9. The normalized spacial score (nSPS) is 15.8. The molecular weight excluding hydrogens is 502 g/mol. The lowest BCUT2D eigenvalue weighted by Gasteiger charge is -2.26. The number of rotatable bonds is 6. The van der Waals surface area contributed by atoms with Crippen LogP contribution in [0.2, 0.25) is 0 Å². The molecule has 0 radical (unpaired) electrons. The number of fused-ring (bicyclic) bond motifs is 2. The quantitative estimate of drug-likeness (QED) is 0.369. The number of hydrogen-bond acceptors (Lipinski definition) is 5. The number of nitrogens with zero attached hydrogens (tertiary/aromatic N) is 3. The summed E-state index contributed by atoms with van der Waals surface area (Å²) in [6.07, 6.45) is 3.78. The topological polar surface area (TPSA) is 90.6 Å². The minimum absolute atomic E-state index is 0.0757. The van der Waals surface area contributed by atoms with Crippen LogP contribution in [0.15, 0.2) is 60.7 Å². The van der Waals surface area contributed by atoms with E-state index in [9.17, 15) is 9.59 Å². The molecule has 0 saturated carbocycles. The average Bonchev–Trinajstić information content (AvgIpc) is 3.22. The molecule has 2 aliphatic rings. The number of carbonyl (C=O) groups excluding carboxylic acids is 2. The van der Waals surface area contributed by atoms with Crippen molar-refractivity contribution < 1.29 is 14.3 Å². The van der Waals surface area contributed by atoms with E-state index in [0.717, 1.165) is 58.9 Å². The molecule has 3 heterocycles. The van der Waals surface area contributed by atoms with E-state index in [4.69, 9.17) is 4.74 Å². The van der Waals surface area contributed by atoms with Crippen LogP contribution in [0.25, 0.3) is 22.2 Å². The molecule has 2 amide bonds. The van der Waals surface area contributed by atoms with Crippen LogP contribution >= 0.6 is 0 Å². The second-order valence-corrected chi connectivity index (χ2v) is 10.7. The van der Waals surface area contributed by atoms with Crippen LogP contribution in [0, 0.1) is 6.92 Å². The van der Waals surface area contributed by atoms with Gasteiger partial charge in [-0.05, 0) is 92.5 Å². The third kappa shape index (κ3) is 5.72. The number of carbonyl (C=O) groups is 2. The van der Waals surface area contributed by atoms with E-state index in [0.29, 0.717) is 37.4 Å². The van der Waals surface area contributed by atoms with Crippen LogP contribution < -0.4 is 10.1 Å². The minimum Gasteiger partial charge on any atom is -0.491 e. The summed E-state index contributed by atoms with van der Waals surface area (Å²) in [6, 6.07) is 19.3. The van der Waals surface area contributed by atoms with Crippen LogP contribution in [0.1, 0.15) is 51.4 Å². The molecule has 8 heteroatoms. The number of ether oxygens (including phenoxy) is 1. The summed E-state index contributed by atoms with van der Waals surface area (Å²) in [7, 11) is 0. The molecule has 0 atom stereocenters. The second kappa shape index (κ2) is 11.5. The molecule has 8 nitrogen and oxygen atoms in total. The lowest BCUT2D eigenvalue weighted by atomic mass is 10.0. The Balaban J connectivity index is 1.11. The Morgan fingerprint density at radius 2 is 1.68 bits per heavy atom. The van der Waals surface area contributed by atoms with E-state index in [2.05, 4.69) is 44.5 Å². The third-order valence-corrected chi connectivity index (χ3v) is 7.82. The zero-order chi connectivity index (χ0) is 27.5. The van der Waals surface area contributed by atoms with Gasteiger partial charge >= 0.3 is 0 Å². The number of likely N-dealkylation sites (tertiary alicyclic amines) is 1. The molecule has 1 saturated heterocycles. The van der Waals surface area contributed by atoms with E-state index < -0.39 is 0 Å². The van der Waals surface area contributed by atoms with Gasteiger partial charge in [-0.15, -0.1) is 0 Å². The van der Waals surface area contributed by atoms with Crippen molar-refractivity contribution in [3.63, 3.8) is 0 Å². The molecule has 4 aromatic rings. The molecule has 3 aromatic carbocycles. The first-order valence-electron chi connectivity index (χ1n) is 14.2. The highest BCUT2D eigenvalue weighted by atomic mass is 16.5. The maximum absolute atomic E-state index is 13.4. The summed E-state index contributed by atoms with van der Waals surface area (Å²) in [6.45, 7) is 7.04. The van der Waals surface area contributed by atoms with Crippen molar-refractivity contribution in [2.75, 3.05) is 39.3 Å². The van der Waals surface area contributed by atoms with Gasteiger partial charge in [0.2, 0.25) is 0 Å². The third-order valence-electron chi connectivity index (χ3n) is 7.82. The van der Waals surface area contributed by atoms with Crippen molar-refractivity contribution in [1.29, 1.82) is 0 Å². The molecule has 2 N–H and O–H groups in total. The van der Waals surface area contributed by atoms with Gasteiger partial charge < -0.3 is 24.8 Å². The number of nitrogens with one attached hydrogen (secondary N) is 2. The first kappa shape index (κ1) is 26.1. The van der Waals surface area contributed by atoms with E-state index in [1.165, 1.54) is 19.3 Å². The fraction of sp³-hybridized carbons (Fsp3) is 0.344. The van der Waals surface area contributed by atoms with Gasteiger partial charge in [-0.3, -0.25) is 9.59 Å². The van der Waals surface area contributed by atoms with Gasteiger partial charge in [-0.25, -0.2) is 4.98 Å². The van der Waals surface area contributed by atoms with Crippen molar-refractivity contribution in [3.05, 3.63) is 83.2 Å². The molecule has 1 aromatic heterocycles. The van der Waals surface area contributed by atoms with Crippen LogP contribution in [-0.2, 0) is 6.54 Å². The summed E-state index contributed by atoms with van der Waals surface area (Å²) >= 11 is 0. The average molecular weight is 538 g/mol. The number of aromatic amines is 1. The van der Waals surface area contributed by atoms with Crippen molar-refractivity contribution in [2.24, 2.45) is 0 Å². The number of aryl methyl sites for hydroxylation is 1. The fourth-order valence-corrected chi connectivity index (χ4v) is 5.62. The molecular formula is C32H35N5O3. The van der Waals surface area contributed by atoms with Gasteiger partial charge in [0.1, 0.15) is 18.2 Å². The zero-order valence-corrected chi connectivity index (χ0v) is 22.9. The number of piperidine rings is 1. The highest BCUT2D eigenvalue weighted by molar-refractivity contribution is 5.98. The number of benzene rings is 3. The van der Waals surface area contributed by atoms with Gasteiger partial charge in [-0.2, -0.15) is 0 Å². The Kier molecular flexibility index (Phi) is 7.51. The van der Waals surface area contributed by atoms with Gasteiger partial charge in [0.05, 0.1) is 17.6 Å². The van der Waals surface area contributed by atoms with Gasteiger partial charge in [-0.1, -0.05) is 18.6 Å². The molecule has 6 rings (SSSR count). The fourth-order valence-electron chi connectivity index (χ4n) is 5.62. The van der Waals surface area contributed by atoms with Gasteiger partial charge in [0, 0.05) is 36.3 Å². The Bertz CT molecular complexity index is 1520. The smallest absolute Gasteiger partial charge is 0.254 e. The highest BCUT2D eigenvalue weighted by Gasteiger charge is 2.22. The van der Waals surface area contributed by atoms with Crippen LogP contribution in [0.3, 0.4) is 0 Å². The molecule has 0 spiro atoms. The monoisotopic (exact) mass is 537 g/mol. The molecule has 2 aliphatic heterocycles. The predicted octanol–water partition coefficient (Wildman–Crippen LogP) is 4.79. The van der Waals surface area contributed by atoms with Gasteiger partial charge in [0.25, 0.3) is 11.8 Å². The van der Waals surface area contributed by atoms with Crippen LogP contribution in [0.5, 0.6) is 5.75 Å². The van der Waals surface area contributed by atoms with Crippen LogP contribution in [0.4, 0.5) is 0 Å². The first-order chi connectivity index (χ1) is 19.5. The number of aromatic nitrogens is 2. The summed E-state index contributed by atoms with van der Waals surface area (Å²) < 4.78 is 5.99. The Morgan fingerprint density at radius 3 is 2.50 bits per heavy atom. The summed E-state index contributed by atoms with van der Waals surface area (Å²) in [5.74, 6) is 1.50. The summed E-state index contributed by atoms with van der Waals surface area (Å²) in [5.41, 5.74) is 6.16. The number of amides is 2. The molecule has 40 heavy (non-hydrogen) atoms. The van der Waals surface area contributed by atoms with Crippen molar-refractivity contribution >= 4 is 22.8 Å². The standard InChI is InChI=1S/C32H35N5O3/c1-22-34-28-11-9-26(20-29(28)35-22)25-10-12-30-27(19-25)21-37(17-18-40-30)32(39)24-7-5-23(6-8-24)31(38)33-13-16-36-14-3-2-4-15-36/h5-12,19-20H,2-4,13-18,21H2,1H3,(H,33,38)(H,34,35). The molecule has 0 aliphatic carbocycles. The van der Waals surface area contributed by atoms with E-state index in [1.807, 2.05) is 24.0 Å². The SMILES string of the molecule is Cc1nc2ccc(-c3ccc4c(c3)CN(C(=O)c3ccc(C(=O)NCCN5CCCCC5)cc3)CCO4)cc2[nH]1. The number of imidazole rings is 1. The molecule has 0 unspecified atom stereocenters. The van der Waals surface area contributed by atoms with Crippen molar-refractivity contribution in [3.8, 4) is 16.9 Å². The predicted molar refractivity (Wildman–Crippen MR) is 156 cm³/mol. The van der Waals surface area contributed by atoms with E-state index >= 15 is 0 Å². The second-order valence-electron chi connectivity index (χ2n) is 10.7. The van der Waals surface area contributed by atoms with Crippen molar-refractivity contribution in [2.45, 2.75) is 32.7 Å². The number of hydrogen-bond donors (Lipinski definition) is 2. The maximum Gasteiger partial charge on any atom is 0.254 e. The lowest BCUT2D eigenvalue weighted by Crippen LogP contribution is -2.37. The Hall–Kier alpha value is -4.17. The largest absolute Gasteiger partial charge is 0.491 e. The van der Waals surface area contributed by atoms with E-state index in [-0.39, 0.29) is 11.8 Å². The van der Waals surface area contributed by atoms with Crippen LogP contribution in [-0.4, -0.2) is 70.9 Å². The Morgan fingerprint density at radius 1 is 0.925 bits per heavy atom. The van der Waals surface area contributed by atoms with Gasteiger partial charge in [0.15, 0.2) is 0 Å². The first-order valence-corrected chi connectivity index (χ1v) is 14.2. The summed E-state index contributed by atoms with van der Waals surface area (Å²) in [5, 5.41) is 3.01.